The molecule has 2 rings (SSSR count). The van der Waals surface area contributed by atoms with Crippen LogP contribution in [0.25, 0.3) is 0 Å². The number of carbonyl (C=O) groups excluding carboxylic acids is 1. The molecule has 1 N–H and O–H groups in total. The van der Waals surface area contributed by atoms with Gasteiger partial charge in [-0.15, -0.1) is 0 Å². The van der Waals surface area contributed by atoms with Crippen LogP contribution in [0.1, 0.15) is 26.3 Å². The van der Waals surface area contributed by atoms with Crippen molar-refractivity contribution in [2.45, 2.75) is 38.8 Å². The molecule has 0 amide bonds. The van der Waals surface area contributed by atoms with Gasteiger partial charge in [0.2, 0.25) is 0 Å². The van der Waals surface area contributed by atoms with Crippen molar-refractivity contribution < 1.29 is 9.53 Å². The van der Waals surface area contributed by atoms with E-state index in [1.165, 1.54) is 0 Å². The van der Waals surface area contributed by atoms with Crippen LogP contribution < -0.4 is 5.32 Å². The molecular weight excluding hydrogens is 274 g/mol. The molecule has 0 fully saturated rings. The van der Waals surface area contributed by atoms with Crippen LogP contribution in [0.2, 0.25) is 0 Å². The first-order valence-electron chi connectivity index (χ1n) is 7.52. The summed E-state index contributed by atoms with van der Waals surface area (Å²) in [5.74, 6) is -0.236. The molecule has 1 unspecified atom stereocenters. The summed E-state index contributed by atoms with van der Waals surface area (Å²) in [5, 5.41) is 3.28. The van der Waals surface area contributed by atoms with Gasteiger partial charge >= 0.3 is 5.97 Å². The second-order valence-electron chi connectivity index (χ2n) is 6.29. The highest BCUT2D eigenvalue weighted by Gasteiger charge is 2.25. The number of hydrogen-bond acceptors (Lipinski definition) is 3. The second-order valence-corrected chi connectivity index (χ2v) is 6.29. The van der Waals surface area contributed by atoms with E-state index in [0.29, 0.717) is 6.42 Å². The molecule has 0 aromatic heterocycles. The van der Waals surface area contributed by atoms with Gasteiger partial charge in [-0.25, -0.2) is 4.79 Å². The molecule has 0 heterocycles. The van der Waals surface area contributed by atoms with E-state index in [9.17, 15) is 4.79 Å². The highest BCUT2D eigenvalue weighted by atomic mass is 16.6. The van der Waals surface area contributed by atoms with E-state index in [4.69, 9.17) is 4.74 Å². The van der Waals surface area contributed by atoms with Gasteiger partial charge in [0.1, 0.15) is 11.6 Å². The van der Waals surface area contributed by atoms with Gasteiger partial charge in [-0.05, 0) is 38.5 Å². The van der Waals surface area contributed by atoms with E-state index < -0.39 is 11.6 Å². The Labute approximate surface area is 132 Å². The number of ether oxygens (including phenoxy) is 1. The molecule has 0 aliphatic carbocycles. The minimum atomic E-state index is -0.496. The molecule has 3 heteroatoms. The van der Waals surface area contributed by atoms with Crippen molar-refractivity contribution in [3.8, 4) is 0 Å². The molecule has 0 aliphatic heterocycles. The quantitative estimate of drug-likeness (QED) is 0.846. The fourth-order valence-corrected chi connectivity index (χ4v) is 2.15. The Morgan fingerprint density at radius 1 is 1.00 bits per heavy atom. The van der Waals surface area contributed by atoms with Crippen molar-refractivity contribution in [3.05, 3.63) is 66.2 Å². The largest absolute Gasteiger partial charge is 0.458 e. The highest BCUT2D eigenvalue weighted by Crippen LogP contribution is 2.15. The van der Waals surface area contributed by atoms with Crippen molar-refractivity contribution in [1.29, 1.82) is 0 Å². The van der Waals surface area contributed by atoms with Crippen molar-refractivity contribution >= 4 is 11.7 Å². The minimum Gasteiger partial charge on any atom is -0.458 e. The molecule has 116 valence electrons. The lowest BCUT2D eigenvalue weighted by Gasteiger charge is -2.25. The molecule has 3 nitrogen and oxygen atoms in total. The van der Waals surface area contributed by atoms with Crippen LogP contribution in [0.15, 0.2) is 60.7 Å². The van der Waals surface area contributed by atoms with E-state index in [1.807, 2.05) is 81.4 Å². The maximum atomic E-state index is 12.5. The average molecular weight is 297 g/mol. The summed E-state index contributed by atoms with van der Waals surface area (Å²) >= 11 is 0. The molecule has 2 aromatic carbocycles. The van der Waals surface area contributed by atoms with Crippen LogP contribution in [0.5, 0.6) is 0 Å². The van der Waals surface area contributed by atoms with Gasteiger partial charge in [-0.2, -0.15) is 0 Å². The third kappa shape index (κ3) is 5.24. The standard InChI is InChI=1S/C19H23NO2/c1-19(2,3)22-18(21)17(14-15-10-6-4-7-11-15)20-16-12-8-5-9-13-16/h4-13,17,20H,14H2,1-3H3. The van der Waals surface area contributed by atoms with E-state index in [2.05, 4.69) is 5.32 Å². The zero-order valence-corrected chi connectivity index (χ0v) is 13.4. The van der Waals surface area contributed by atoms with Gasteiger partial charge in [0.05, 0.1) is 0 Å². The van der Waals surface area contributed by atoms with Crippen molar-refractivity contribution in [2.24, 2.45) is 0 Å². The average Bonchev–Trinajstić information content (AvgIpc) is 2.47. The van der Waals surface area contributed by atoms with Crippen molar-refractivity contribution in [1.82, 2.24) is 0 Å². The second kappa shape index (κ2) is 7.12. The van der Waals surface area contributed by atoms with E-state index in [1.54, 1.807) is 0 Å². The Morgan fingerprint density at radius 2 is 1.55 bits per heavy atom. The van der Waals surface area contributed by atoms with Gasteiger partial charge in [-0.1, -0.05) is 48.5 Å². The Kier molecular flexibility index (Phi) is 5.21. The van der Waals surface area contributed by atoms with Crippen LogP contribution >= 0.6 is 0 Å². The van der Waals surface area contributed by atoms with E-state index >= 15 is 0 Å². The number of para-hydroxylation sites is 1. The number of nitrogens with one attached hydrogen (secondary N) is 1. The smallest absolute Gasteiger partial charge is 0.329 e. The first kappa shape index (κ1) is 16.1. The summed E-state index contributed by atoms with van der Waals surface area (Å²) < 4.78 is 5.54. The predicted molar refractivity (Wildman–Crippen MR) is 89.8 cm³/mol. The molecule has 0 spiro atoms. The lowest BCUT2D eigenvalue weighted by atomic mass is 10.1. The summed E-state index contributed by atoms with van der Waals surface area (Å²) in [4.78, 5) is 12.5. The zero-order valence-electron chi connectivity index (χ0n) is 13.4. The first-order chi connectivity index (χ1) is 10.4. The molecule has 0 aliphatic rings. The van der Waals surface area contributed by atoms with Crippen LogP contribution in [0, 0.1) is 0 Å². The molecule has 0 bridgehead atoms. The van der Waals surface area contributed by atoms with Gasteiger partial charge in [0.15, 0.2) is 0 Å². The van der Waals surface area contributed by atoms with Crippen LogP contribution in [-0.4, -0.2) is 17.6 Å². The molecule has 0 saturated heterocycles. The summed E-state index contributed by atoms with van der Waals surface area (Å²) in [6.07, 6.45) is 0.588. The molecule has 0 saturated carbocycles. The van der Waals surface area contributed by atoms with E-state index in [0.717, 1.165) is 11.3 Å². The Bertz CT molecular complexity index is 546. The molecular formula is C19H23NO2. The lowest BCUT2D eigenvalue weighted by Crippen LogP contribution is -2.38. The van der Waals surface area contributed by atoms with E-state index in [-0.39, 0.29) is 5.97 Å². The number of carbonyl (C=O) groups is 1. The summed E-state index contributed by atoms with van der Waals surface area (Å²) in [6.45, 7) is 5.65. The van der Waals surface area contributed by atoms with Crippen LogP contribution in [0.4, 0.5) is 5.69 Å². The predicted octanol–water partition coefficient (Wildman–Crippen LogP) is 4.05. The summed E-state index contributed by atoms with van der Waals surface area (Å²) in [5.41, 5.74) is 1.51. The molecule has 0 radical (unpaired) electrons. The monoisotopic (exact) mass is 297 g/mol. The maximum Gasteiger partial charge on any atom is 0.329 e. The Morgan fingerprint density at radius 3 is 2.09 bits per heavy atom. The first-order valence-corrected chi connectivity index (χ1v) is 7.52. The topological polar surface area (TPSA) is 38.3 Å². The Hall–Kier alpha value is -2.29. The van der Waals surface area contributed by atoms with Gasteiger partial charge in [-0.3, -0.25) is 0 Å². The maximum absolute atomic E-state index is 12.5. The number of benzene rings is 2. The van der Waals surface area contributed by atoms with Crippen molar-refractivity contribution in [2.75, 3.05) is 5.32 Å². The number of anilines is 1. The van der Waals surface area contributed by atoms with Gasteiger partial charge in [0, 0.05) is 12.1 Å². The third-order valence-electron chi connectivity index (χ3n) is 3.09. The minimum absolute atomic E-state index is 0.236. The summed E-state index contributed by atoms with van der Waals surface area (Å²) in [6, 6.07) is 19.3. The van der Waals surface area contributed by atoms with Crippen molar-refractivity contribution in [3.63, 3.8) is 0 Å². The number of esters is 1. The fourth-order valence-electron chi connectivity index (χ4n) is 2.15. The lowest BCUT2D eigenvalue weighted by molar-refractivity contribution is -0.155. The third-order valence-corrected chi connectivity index (χ3v) is 3.09. The van der Waals surface area contributed by atoms with Gasteiger partial charge < -0.3 is 10.1 Å². The van der Waals surface area contributed by atoms with Gasteiger partial charge in [0.25, 0.3) is 0 Å². The van der Waals surface area contributed by atoms with Crippen LogP contribution in [-0.2, 0) is 16.0 Å². The molecule has 22 heavy (non-hydrogen) atoms. The number of rotatable bonds is 5. The number of hydrogen-bond donors (Lipinski definition) is 1. The molecule has 1 atom stereocenters. The SMILES string of the molecule is CC(C)(C)OC(=O)C(Cc1ccccc1)Nc1ccccc1. The van der Waals surface area contributed by atoms with Crippen LogP contribution in [0.3, 0.4) is 0 Å². The normalized spacial score (nSPS) is 12.5. The fraction of sp³-hybridized carbons (Fsp3) is 0.316. The Balaban J connectivity index is 2.14. The summed E-state index contributed by atoms with van der Waals surface area (Å²) in [7, 11) is 0. The highest BCUT2D eigenvalue weighted by molar-refractivity contribution is 5.80. The molecule has 2 aromatic rings. The zero-order chi connectivity index (χ0) is 16.0.